The molecule has 0 aliphatic heterocycles. The third-order valence-corrected chi connectivity index (χ3v) is 5.26. The maximum absolute atomic E-state index is 12.5. The van der Waals surface area contributed by atoms with Crippen molar-refractivity contribution in [3.63, 3.8) is 0 Å². The number of ether oxygens (including phenoxy) is 2. The lowest BCUT2D eigenvalue weighted by molar-refractivity contribution is 0.0946. The van der Waals surface area contributed by atoms with Crippen LogP contribution in [0.3, 0.4) is 0 Å². The maximum Gasteiger partial charge on any atom is 0.257 e. The van der Waals surface area contributed by atoms with Gasteiger partial charge in [-0.1, -0.05) is 38.7 Å². The molecule has 0 aliphatic rings. The fraction of sp³-hybridized carbons (Fsp3) is 0.423. The number of methoxy groups -OCH3 is 1. The second-order valence-corrected chi connectivity index (χ2v) is 8.29. The Bertz CT molecular complexity index is 919. The SMILES string of the molecule is CCCCCCCOc1ccc(C(=O)NC(=S)Nc2cccc(C(=O)NCCCOC)c2)cc1. The third-order valence-electron chi connectivity index (χ3n) is 5.05. The molecule has 34 heavy (non-hydrogen) atoms. The van der Waals surface area contributed by atoms with Crippen molar-refractivity contribution in [1.29, 1.82) is 0 Å². The summed E-state index contributed by atoms with van der Waals surface area (Å²) in [6.45, 7) is 3.99. The number of thiocarbonyl (C=S) groups is 1. The summed E-state index contributed by atoms with van der Waals surface area (Å²) in [7, 11) is 1.62. The van der Waals surface area contributed by atoms with Gasteiger partial charge < -0.3 is 20.1 Å². The van der Waals surface area contributed by atoms with E-state index < -0.39 is 0 Å². The molecule has 0 saturated heterocycles. The van der Waals surface area contributed by atoms with Gasteiger partial charge in [-0.15, -0.1) is 0 Å². The lowest BCUT2D eigenvalue weighted by Crippen LogP contribution is -2.34. The highest BCUT2D eigenvalue weighted by atomic mass is 32.1. The van der Waals surface area contributed by atoms with Crippen molar-refractivity contribution in [2.45, 2.75) is 45.4 Å². The number of carbonyl (C=O) groups excluding carboxylic acids is 2. The molecule has 2 aromatic carbocycles. The van der Waals surface area contributed by atoms with Crippen LogP contribution >= 0.6 is 12.2 Å². The minimum atomic E-state index is -0.323. The van der Waals surface area contributed by atoms with Crippen LogP contribution < -0.4 is 20.7 Å². The number of unbranched alkanes of at least 4 members (excludes halogenated alkanes) is 4. The number of nitrogens with one attached hydrogen (secondary N) is 3. The molecule has 0 heterocycles. The van der Waals surface area contributed by atoms with E-state index in [2.05, 4.69) is 22.9 Å². The van der Waals surface area contributed by atoms with Crippen LogP contribution in [0.15, 0.2) is 48.5 Å². The van der Waals surface area contributed by atoms with Gasteiger partial charge in [-0.2, -0.15) is 0 Å². The Morgan fingerprint density at radius 1 is 0.882 bits per heavy atom. The molecule has 2 rings (SSSR count). The molecule has 0 aliphatic carbocycles. The van der Waals surface area contributed by atoms with Gasteiger partial charge in [0.2, 0.25) is 0 Å². The molecule has 0 spiro atoms. The van der Waals surface area contributed by atoms with Gasteiger partial charge in [-0.05, 0) is 67.5 Å². The first kappa shape index (κ1) is 27.3. The Kier molecular flexibility index (Phi) is 12.7. The molecule has 8 heteroatoms. The summed E-state index contributed by atoms with van der Waals surface area (Å²) >= 11 is 5.26. The first-order valence-electron chi connectivity index (χ1n) is 11.8. The molecular formula is C26H35N3O4S. The predicted octanol–water partition coefficient (Wildman–Crippen LogP) is 4.93. The summed E-state index contributed by atoms with van der Waals surface area (Å²) < 4.78 is 10.7. The number of amides is 2. The first-order valence-corrected chi connectivity index (χ1v) is 12.2. The molecular weight excluding hydrogens is 450 g/mol. The van der Waals surface area contributed by atoms with Crippen LogP contribution in [0.2, 0.25) is 0 Å². The summed E-state index contributed by atoms with van der Waals surface area (Å²) in [6, 6.07) is 13.9. The highest BCUT2D eigenvalue weighted by Gasteiger charge is 2.10. The highest BCUT2D eigenvalue weighted by molar-refractivity contribution is 7.80. The quantitative estimate of drug-likeness (QED) is 0.260. The number of anilines is 1. The summed E-state index contributed by atoms with van der Waals surface area (Å²) in [5.41, 5.74) is 1.58. The molecule has 184 valence electrons. The van der Waals surface area contributed by atoms with Gasteiger partial charge in [0.25, 0.3) is 11.8 Å². The van der Waals surface area contributed by atoms with Crippen LogP contribution in [0.5, 0.6) is 5.75 Å². The second-order valence-electron chi connectivity index (χ2n) is 7.88. The Hall–Kier alpha value is -2.97. The highest BCUT2D eigenvalue weighted by Crippen LogP contribution is 2.14. The van der Waals surface area contributed by atoms with E-state index in [9.17, 15) is 9.59 Å². The topological polar surface area (TPSA) is 88.7 Å². The molecule has 0 radical (unpaired) electrons. The van der Waals surface area contributed by atoms with E-state index in [0.29, 0.717) is 36.6 Å². The minimum absolute atomic E-state index is 0.148. The lowest BCUT2D eigenvalue weighted by atomic mass is 10.2. The third kappa shape index (κ3) is 10.3. The summed E-state index contributed by atoms with van der Waals surface area (Å²) in [5, 5.41) is 8.59. The molecule has 0 saturated carbocycles. The molecule has 3 N–H and O–H groups in total. The summed E-state index contributed by atoms with van der Waals surface area (Å²) in [5.74, 6) is 0.235. The van der Waals surface area contributed by atoms with Crippen LogP contribution in [-0.4, -0.2) is 43.8 Å². The molecule has 0 fully saturated rings. The van der Waals surface area contributed by atoms with Crippen LogP contribution in [0.1, 0.15) is 66.2 Å². The number of rotatable bonds is 14. The molecule has 7 nitrogen and oxygen atoms in total. The van der Waals surface area contributed by atoms with Crippen molar-refractivity contribution >= 4 is 34.8 Å². The Morgan fingerprint density at radius 3 is 2.38 bits per heavy atom. The van der Waals surface area contributed by atoms with Gasteiger partial charge in [0, 0.05) is 37.1 Å². The van der Waals surface area contributed by atoms with Gasteiger partial charge in [0.15, 0.2) is 5.11 Å². The monoisotopic (exact) mass is 485 g/mol. The van der Waals surface area contributed by atoms with Gasteiger partial charge in [-0.25, -0.2) is 0 Å². The molecule has 0 bridgehead atoms. The fourth-order valence-corrected chi connectivity index (χ4v) is 3.41. The zero-order valence-electron chi connectivity index (χ0n) is 20.0. The van der Waals surface area contributed by atoms with Crippen LogP contribution in [0.25, 0.3) is 0 Å². The molecule has 2 amide bonds. The van der Waals surface area contributed by atoms with E-state index >= 15 is 0 Å². The van der Waals surface area contributed by atoms with Crippen molar-refractivity contribution in [3.05, 3.63) is 59.7 Å². The van der Waals surface area contributed by atoms with Crippen molar-refractivity contribution in [2.75, 3.05) is 32.2 Å². The van der Waals surface area contributed by atoms with E-state index in [0.717, 1.165) is 18.6 Å². The van der Waals surface area contributed by atoms with Crippen molar-refractivity contribution in [3.8, 4) is 5.75 Å². The Balaban J connectivity index is 1.79. The molecule has 0 aromatic heterocycles. The summed E-state index contributed by atoms with van der Waals surface area (Å²) in [6.07, 6.45) is 6.65. The minimum Gasteiger partial charge on any atom is -0.494 e. The van der Waals surface area contributed by atoms with Gasteiger partial charge >= 0.3 is 0 Å². The number of benzene rings is 2. The largest absolute Gasteiger partial charge is 0.494 e. The number of hydrogen-bond donors (Lipinski definition) is 3. The van der Waals surface area contributed by atoms with E-state index in [1.807, 2.05) is 0 Å². The normalized spacial score (nSPS) is 10.4. The number of hydrogen-bond acceptors (Lipinski definition) is 5. The number of carbonyl (C=O) groups is 2. The van der Waals surface area contributed by atoms with E-state index in [4.69, 9.17) is 21.7 Å². The van der Waals surface area contributed by atoms with Crippen molar-refractivity contribution in [2.24, 2.45) is 0 Å². The second kappa shape index (κ2) is 15.8. The standard InChI is InChI=1S/C26H35N3O4S/c1-3-4-5-6-7-18-33-23-14-12-20(13-15-23)25(31)29-26(34)28-22-11-8-10-21(19-22)24(30)27-16-9-17-32-2/h8,10-15,19H,3-7,9,16-18H2,1-2H3,(H,27,30)(H2,28,29,31,34). The average Bonchev–Trinajstić information content (AvgIpc) is 2.84. The van der Waals surface area contributed by atoms with Crippen LogP contribution in [0, 0.1) is 0 Å². The van der Waals surface area contributed by atoms with Crippen molar-refractivity contribution in [1.82, 2.24) is 10.6 Å². The van der Waals surface area contributed by atoms with Crippen LogP contribution in [-0.2, 0) is 4.74 Å². The van der Waals surface area contributed by atoms with Crippen LogP contribution in [0.4, 0.5) is 5.69 Å². The Labute approximate surface area is 207 Å². The smallest absolute Gasteiger partial charge is 0.257 e. The van der Waals surface area contributed by atoms with E-state index in [-0.39, 0.29) is 16.9 Å². The molecule has 0 unspecified atom stereocenters. The van der Waals surface area contributed by atoms with Crippen molar-refractivity contribution < 1.29 is 19.1 Å². The zero-order chi connectivity index (χ0) is 24.6. The predicted molar refractivity (Wildman–Crippen MR) is 140 cm³/mol. The fourth-order valence-electron chi connectivity index (χ4n) is 3.19. The average molecular weight is 486 g/mol. The summed E-state index contributed by atoms with van der Waals surface area (Å²) in [4.78, 5) is 24.8. The zero-order valence-corrected chi connectivity index (χ0v) is 20.8. The van der Waals surface area contributed by atoms with E-state index in [1.165, 1.54) is 25.7 Å². The Morgan fingerprint density at radius 2 is 1.65 bits per heavy atom. The molecule has 0 atom stereocenters. The maximum atomic E-state index is 12.5. The van der Waals surface area contributed by atoms with Gasteiger partial charge in [0.05, 0.1) is 6.61 Å². The lowest BCUT2D eigenvalue weighted by Gasteiger charge is -2.11. The molecule has 2 aromatic rings. The van der Waals surface area contributed by atoms with Gasteiger partial charge in [0.1, 0.15) is 5.75 Å². The van der Waals surface area contributed by atoms with Gasteiger partial charge in [-0.3, -0.25) is 14.9 Å². The van der Waals surface area contributed by atoms with E-state index in [1.54, 1.807) is 55.6 Å². The first-order chi connectivity index (χ1) is 16.5.